The summed E-state index contributed by atoms with van der Waals surface area (Å²) in [5.41, 5.74) is 5.20. The van der Waals surface area contributed by atoms with Gasteiger partial charge in [0, 0.05) is 33.8 Å². The Balaban J connectivity index is 0.00000231. The summed E-state index contributed by atoms with van der Waals surface area (Å²) < 4.78 is 2.07. The van der Waals surface area contributed by atoms with Crippen LogP contribution < -0.4 is 0 Å². The van der Waals surface area contributed by atoms with E-state index in [4.69, 9.17) is 4.98 Å². The van der Waals surface area contributed by atoms with E-state index in [9.17, 15) is 5.11 Å². The standard InChI is InChI=1S/C27H18N2O.Au/c30-26-17-8-7-16-24(26)21-12-9-13-22(18-21)25-19-29(23-14-5-2-6-15-23)27(28-25)20-10-3-1-4-11-20;/h1-10,12-17,19,30H;/q-2;. The summed E-state index contributed by atoms with van der Waals surface area (Å²) in [6.45, 7) is 0. The fourth-order valence-electron chi connectivity index (χ4n) is 3.49. The molecule has 1 N–H and O–H groups in total. The van der Waals surface area contributed by atoms with Crippen LogP contribution in [0, 0.1) is 12.1 Å². The molecule has 3 nitrogen and oxygen atoms in total. The molecule has 0 aliphatic rings. The molecule has 0 fully saturated rings. The van der Waals surface area contributed by atoms with Crippen molar-refractivity contribution in [3.05, 3.63) is 115 Å². The second-order valence-corrected chi connectivity index (χ2v) is 6.93. The minimum absolute atomic E-state index is 0. The maximum absolute atomic E-state index is 10.2. The van der Waals surface area contributed by atoms with Crippen molar-refractivity contribution in [1.29, 1.82) is 0 Å². The largest absolute Gasteiger partial charge is 0.515 e. The summed E-state index contributed by atoms with van der Waals surface area (Å²) in [5.74, 6) is 1.05. The van der Waals surface area contributed by atoms with Crippen molar-refractivity contribution in [2.24, 2.45) is 0 Å². The minimum atomic E-state index is 0. The predicted molar refractivity (Wildman–Crippen MR) is 119 cm³/mol. The molecule has 4 aromatic carbocycles. The molecule has 31 heavy (non-hydrogen) atoms. The van der Waals surface area contributed by atoms with Gasteiger partial charge in [-0.05, 0) is 30.0 Å². The average molecular weight is 583 g/mol. The summed E-state index contributed by atoms with van der Waals surface area (Å²) in [5, 5.41) is 10.2. The molecular weight excluding hydrogens is 565 g/mol. The number of hydrogen-bond acceptors (Lipinski definition) is 2. The predicted octanol–water partition coefficient (Wildman–Crippen LogP) is 6.18. The summed E-state index contributed by atoms with van der Waals surface area (Å²) in [6, 6.07) is 37.8. The number of rotatable bonds is 4. The Kier molecular flexibility index (Phi) is 6.19. The molecule has 1 radical (unpaired) electrons. The average Bonchev–Trinajstić information content (AvgIpc) is 3.26. The van der Waals surface area contributed by atoms with Crippen LogP contribution in [0.1, 0.15) is 0 Å². The van der Waals surface area contributed by atoms with E-state index in [-0.39, 0.29) is 28.1 Å². The fourth-order valence-corrected chi connectivity index (χ4v) is 3.49. The first-order valence-corrected chi connectivity index (χ1v) is 9.72. The third-order valence-corrected chi connectivity index (χ3v) is 4.96. The molecule has 0 saturated carbocycles. The zero-order chi connectivity index (χ0) is 20.3. The van der Waals surface area contributed by atoms with Gasteiger partial charge in [-0.2, -0.15) is 0 Å². The minimum Gasteiger partial charge on any atom is -0.515 e. The summed E-state index contributed by atoms with van der Waals surface area (Å²) in [7, 11) is 0. The normalized spacial score (nSPS) is 10.5. The molecule has 5 aromatic rings. The molecule has 1 aromatic heterocycles. The van der Waals surface area contributed by atoms with E-state index < -0.39 is 0 Å². The quantitative estimate of drug-likeness (QED) is 0.203. The molecule has 1 heterocycles. The van der Waals surface area contributed by atoms with E-state index >= 15 is 0 Å². The first-order chi connectivity index (χ1) is 14.8. The van der Waals surface area contributed by atoms with E-state index in [0.29, 0.717) is 0 Å². The van der Waals surface area contributed by atoms with Gasteiger partial charge in [-0.15, -0.1) is 65.7 Å². The van der Waals surface area contributed by atoms with Gasteiger partial charge in [0.1, 0.15) is 0 Å². The molecule has 0 saturated heterocycles. The zero-order valence-corrected chi connectivity index (χ0v) is 18.6. The van der Waals surface area contributed by atoms with Crippen LogP contribution in [0.4, 0.5) is 0 Å². The molecule has 0 atom stereocenters. The molecule has 0 unspecified atom stereocenters. The van der Waals surface area contributed by atoms with E-state index in [2.05, 4.69) is 28.8 Å². The molecule has 0 bridgehead atoms. The van der Waals surface area contributed by atoms with Crippen LogP contribution in [-0.2, 0) is 22.4 Å². The molecule has 0 aliphatic carbocycles. The maximum Gasteiger partial charge on any atom is 0.0901 e. The van der Waals surface area contributed by atoms with E-state index in [1.165, 1.54) is 0 Å². The summed E-state index contributed by atoms with van der Waals surface area (Å²) in [4.78, 5) is 4.92. The maximum atomic E-state index is 10.2. The van der Waals surface area contributed by atoms with Gasteiger partial charge in [-0.3, -0.25) is 0 Å². The number of aromatic hydroxyl groups is 1. The van der Waals surface area contributed by atoms with Crippen LogP contribution in [0.5, 0.6) is 5.75 Å². The zero-order valence-electron chi connectivity index (χ0n) is 16.5. The number of aromatic nitrogens is 2. The van der Waals surface area contributed by atoms with Gasteiger partial charge in [0.15, 0.2) is 0 Å². The Bertz CT molecular complexity index is 1240. The van der Waals surface area contributed by atoms with Crippen molar-refractivity contribution >= 4 is 0 Å². The van der Waals surface area contributed by atoms with Crippen molar-refractivity contribution in [3.63, 3.8) is 0 Å². The topological polar surface area (TPSA) is 38.0 Å². The Morgan fingerprint density at radius 1 is 0.710 bits per heavy atom. The van der Waals surface area contributed by atoms with Gasteiger partial charge >= 0.3 is 0 Å². The Labute approximate surface area is 197 Å². The van der Waals surface area contributed by atoms with Crippen LogP contribution in [0.15, 0.2) is 103 Å². The van der Waals surface area contributed by atoms with Crippen molar-refractivity contribution in [2.45, 2.75) is 0 Å². The fraction of sp³-hybridized carbons (Fsp3) is 0. The first kappa shape index (κ1) is 20.9. The van der Waals surface area contributed by atoms with Crippen LogP contribution in [-0.4, -0.2) is 14.7 Å². The number of para-hydroxylation sites is 2. The van der Waals surface area contributed by atoms with Crippen LogP contribution in [0.2, 0.25) is 0 Å². The number of phenolic OH excluding ortho intramolecular Hbond substituents is 1. The smallest absolute Gasteiger partial charge is 0.0901 e. The van der Waals surface area contributed by atoms with Crippen LogP contribution >= 0.6 is 0 Å². The van der Waals surface area contributed by atoms with Gasteiger partial charge in [0.25, 0.3) is 0 Å². The summed E-state index contributed by atoms with van der Waals surface area (Å²) in [6.07, 6.45) is 2.02. The van der Waals surface area contributed by atoms with Gasteiger partial charge in [-0.25, -0.2) is 0 Å². The Hall–Kier alpha value is -3.37. The van der Waals surface area contributed by atoms with Gasteiger partial charge < -0.3 is 14.7 Å². The molecular formula is C27H18AuN2O-2. The molecule has 0 amide bonds. The van der Waals surface area contributed by atoms with Crippen LogP contribution in [0.3, 0.4) is 0 Å². The third-order valence-electron chi connectivity index (χ3n) is 4.96. The van der Waals surface area contributed by atoms with Gasteiger partial charge in [0.2, 0.25) is 0 Å². The van der Waals surface area contributed by atoms with Crippen molar-refractivity contribution in [2.75, 3.05) is 0 Å². The Morgan fingerprint density at radius 3 is 2.19 bits per heavy atom. The second-order valence-electron chi connectivity index (χ2n) is 6.93. The van der Waals surface area contributed by atoms with Crippen molar-refractivity contribution < 1.29 is 27.5 Å². The molecule has 155 valence electrons. The SMILES string of the molecule is Oc1ccccc1-c1[c-]c(-c2cn(-c3ccccc3)c(-c3[c-]cccc3)n2)ccc1.[Au]. The molecule has 0 aliphatic heterocycles. The van der Waals surface area contributed by atoms with E-state index in [0.717, 1.165) is 39.5 Å². The van der Waals surface area contributed by atoms with Gasteiger partial charge in [0.05, 0.1) is 11.6 Å². The molecule has 0 spiro atoms. The third kappa shape index (κ3) is 4.25. The number of nitrogens with zero attached hydrogens (tertiary/aromatic N) is 2. The number of imidazole rings is 1. The second kappa shape index (κ2) is 9.19. The first-order valence-electron chi connectivity index (χ1n) is 9.72. The van der Waals surface area contributed by atoms with E-state index in [1.54, 1.807) is 6.07 Å². The number of phenols is 1. The Morgan fingerprint density at radius 2 is 1.42 bits per heavy atom. The summed E-state index contributed by atoms with van der Waals surface area (Å²) >= 11 is 0. The van der Waals surface area contributed by atoms with E-state index in [1.807, 2.05) is 85.1 Å². The van der Waals surface area contributed by atoms with Crippen LogP contribution in [0.25, 0.3) is 39.5 Å². The molecule has 4 heteroatoms. The molecule has 5 rings (SSSR count). The van der Waals surface area contributed by atoms with Gasteiger partial charge in [-0.1, -0.05) is 42.0 Å². The number of benzene rings is 4. The van der Waals surface area contributed by atoms with Crippen molar-refractivity contribution in [3.8, 4) is 45.2 Å². The monoisotopic (exact) mass is 583 g/mol. The number of hydrogen-bond donors (Lipinski definition) is 1. The van der Waals surface area contributed by atoms with Crippen molar-refractivity contribution in [1.82, 2.24) is 9.55 Å².